The Morgan fingerprint density at radius 1 is 1.41 bits per heavy atom. The molecule has 2 rings (SSSR count). The summed E-state index contributed by atoms with van der Waals surface area (Å²) in [6.07, 6.45) is 2.25. The topological polar surface area (TPSA) is 21.3 Å². The molecule has 1 saturated heterocycles. The first kappa shape index (κ1) is 13.2. The number of nitrogens with one attached hydrogen (secondary N) is 1. The minimum absolute atomic E-state index is 0.0568. The van der Waals surface area contributed by atoms with Gasteiger partial charge >= 0.3 is 0 Å². The molecule has 0 bridgehead atoms. The molecular formula is C13H17Cl2NO. The zero-order valence-electron chi connectivity index (χ0n) is 9.93. The standard InChI is InChI=1S/C13H17Cl2NO/c1-13(5-2-6-17-9-13)16-8-10-3-4-11(14)7-12(10)15/h3-4,7,16H,2,5-6,8-9H2,1H3. The minimum atomic E-state index is 0.0568. The van der Waals surface area contributed by atoms with Crippen molar-refractivity contribution >= 4 is 23.2 Å². The van der Waals surface area contributed by atoms with Gasteiger partial charge in [-0.15, -0.1) is 0 Å². The summed E-state index contributed by atoms with van der Waals surface area (Å²) in [5.74, 6) is 0. The quantitative estimate of drug-likeness (QED) is 0.908. The van der Waals surface area contributed by atoms with Crippen molar-refractivity contribution in [1.82, 2.24) is 5.32 Å². The third kappa shape index (κ3) is 3.59. The normalized spacial score (nSPS) is 24.9. The van der Waals surface area contributed by atoms with E-state index in [0.717, 1.165) is 38.2 Å². The van der Waals surface area contributed by atoms with Crippen LogP contribution in [0.15, 0.2) is 18.2 Å². The van der Waals surface area contributed by atoms with Crippen LogP contribution in [-0.4, -0.2) is 18.8 Å². The van der Waals surface area contributed by atoms with Gasteiger partial charge in [0, 0.05) is 28.7 Å². The van der Waals surface area contributed by atoms with Gasteiger partial charge < -0.3 is 10.1 Å². The molecule has 0 radical (unpaired) electrons. The molecule has 0 saturated carbocycles. The lowest BCUT2D eigenvalue weighted by Gasteiger charge is -2.34. The molecule has 1 aliphatic heterocycles. The predicted octanol–water partition coefficient (Wildman–Crippen LogP) is 3.65. The number of halogens is 2. The van der Waals surface area contributed by atoms with Crippen molar-refractivity contribution in [2.24, 2.45) is 0 Å². The van der Waals surface area contributed by atoms with Crippen molar-refractivity contribution in [3.63, 3.8) is 0 Å². The smallest absolute Gasteiger partial charge is 0.0645 e. The number of hydrogen-bond acceptors (Lipinski definition) is 2. The van der Waals surface area contributed by atoms with Crippen molar-refractivity contribution < 1.29 is 4.74 Å². The highest BCUT2D eigenvalue weighted by atomic mass is 35.5. The summed E-state index contributed by atoms with van der Waals surface area (Å²) in [4.78, 5) is 0. The highest BCUT2D eigenvalue weighted by Gasteiger charge is 2.26. The Balaban J connectivity index is 1.97. The van der Waals surface area contributed by atoms with Gasteiger partial charge in [-0.3, -0.25) is 0 Å². The molecule has 0 aliphatic carbocycles. The van der Waals surface area contributed by atoms with Gasteiger partial charge in [0.05, 0.1) is 6.61 Å². The second-order valence-electron chi connectivity index (χ2n) is 4.81. The molecule has 0 amide bonds. The largest absolute Gasteiger partial charge is 0.380 e. The third-order valence-corrected chi connectivity index (χ3v) is 3.75. The fourth-order valence-corrected chi connectivity index (χ4v) is 2.52. The Bertz CT molecular complexity index is 389. The molecule has 1 aromatic rings. The van der Waals surface area contributed by atoms with Gasteiger partial charge in [0.2, 0.25) is 0 Å². The first-order chi connectivity index (χ1) is 8.09. The predicted molar refractivity (Wildman–Crippen MR) is 71.8 cm³/mol. The molecule has 1 N–H and O–H groups in total. The molecule has 1 aliphatic rings. The summed E-state index contributed by atoms with van der Waals surface area (Å²) in [5.41, 5.74) is 1.13. The summed E-state index contributed by atoms with van der Waals surface area (Å²) < 4.78 is 5.51. The van der Waals surface area contributed by atoms with Gasteiger partial charge in [0.25, 0.3) is 0 Å². The van der Waals surface area contributed by atoms with E-state index in [1.54, 1.807) is 6.07 Å². The van der Waals surface area contributed by atoms with Crippen LogP contribution in [-0.2, 0) is 11.3 Å². The molecule has 1 aromatic carbocycles. The molecular weight excluding hydrogens is 257 g/mol. The first-order valence-electron chi connectivity index (χ1n) is 5.86. The molecule has 1 fully saturated rings. The number of rotatable bonds is 3. The van der Waals surface area contributed by atoms with Crippen LogP contribution in [0.25, 0.3) is 0 Å². The van der Waals surface area contributed by atoms with E-state index in [9.17, 15) is 0 Å². The highest BCUT2D eigenvalue weighted by Crippen LogP contribution is 2.23. The van der Waals surface area contributed by atoms with E-state index in [4.69, 9.17) is 27.9 Å². The van der Waals surface area contributed by atoms with E-state index in [1.807, 2.05) is 12.1 Å². The van der Waals surface area contributed by atoms with Crippen molar-refractivity contribution in [1.29, 1.82) is 0 Å². The number of ether oxygens (including phenoxy) is 1. The summed E-state index contributed by atoms with van der Waals surface area (Å²) in [5, 5.41) is 4.91. The Hall–Kier alpha value is -0.280. The minimum Gasteiger partial charge on any atom is -0.380 e. The highest BCUT2D eigenvalue weighted by molar-refractivity contribution is 6.35. The summed E-state index contributed by atoms with van der Waals surface area (Å²) >= 11 is 12.0. The second kappa shape index (κ2) is 5.57. The Kier molecular flexibility index (Phi) is 4.31. The summed E-state index contributed by atoms with van der Waals surface area (Å²) in [6.45, 7) is 4.57. The van der Waals surface area contributed by atoms with E-state index in [0.29, 0.717) is 10.0 Å². The average Bonchev–Trinajstić information content (AvgIpc) is 2.29. The fourth-order valence-electron chi connectivity index (χ4n) is 2.05. The van der Waals surface area contributed by atoms with Crippen molar-refractivity contribution in [3.05, 3.63) is 33.8 Å². The first-order valence-corrected chi connectivity index (χ1v) is 6.61. The molecule has 4 heteroatoms. The molecule has 0 aromatic heterocycles. The Morgan fingerprint density at radius 2 is 2.24 bits per heavy atom. The van der Waals surface area contributed by atoms with E-state index >= 15 is 0 Å². The average molecular weight is 274 g/mol. The molecule has 1 unspecified atom stereocenters. The monoisotopic (exact) mass is 273 g/mol. The van der Waals surface area contributed by atoms with Gasteiger partial charge in [0.15, 0.2) is 0 Å². The van der Waals surface area contributed by atoms with Crippen molar-refractivity contribution in [3.8, 4) is 0 Å². The lowest BCUT2D eigenvalue weighted by molar-refractivity contribution is 0.0278. The van der Waals surface area contributed by atoms with Crippen LogP contribution in [0.5, 0.6) is 0 Å². The lowest BCUT2D eigenvalue weighted by atomic mass is 9.94. The van der Waals surface area contributed by atoms with Crippen molar-refractivity contribution in [2.75, 3.05) is 13.2 Å². The maximum Gasteiger partial charge on any atom is 0.0645 e. The second-order valence-corrected chi connectivity index (χ2v) is 5.65. The molecule has 1 heterocycles. The van der Waals surface area contributed by atoms with Gasteiger partial charge in [-0.05, 0) is 37.5 Å². The van der Waals surface area contributed by atoms with Gasteiger partial charge in [-0.1, -0.05) is 29.3 Å². The zero-order chi connectivity index (χ0) is 12.3. The Morgan fingerprint density at radius 3 is 2.88 bits per heavy atom. The van der Waals surface area contributed by atoms with Crippen LogP contribution in [0.3, 0.4) is 0 Å². The summed E-state index contributed by atoms with van der Waals surface area (Å²) in [6, 6.07) is 5.61. The van der Waals surface area contributed by atoms with Crippen LogP contribution in [0.4, 0.5) is 0 Å². The molecule has 17 heavy (non-hydrogen) atoms. The molecule has 0 spiro atoms. The molecule has 1 atom stereocenters. The van der Waals surface area contributed by atoms with Crippen LogP contribution in [0.2, 0.25) is 10.0 Å². The van der Waals surface area contributed by atoms with E-state index in [-0.39, 0.29) is 5.54 Å². The van der Waals surface area contributed by atoms with E-state index in [1.165, 1.54) is 0 Å². The van der Waals surface area contributed by atoms with Gasteiger partial charge in [-0.25, -0.2) is 0 Å². The number of benzene rings is 1. The van der Waals surface area contributed by atoms with Crippen LogP contribution in [0.1, 0.15) is 25.3 Å². The third-order valence-electron chi connectivity index (χ3n) is 3.16. The van der Waals surface area contributed by atoms with Crippen LogP contribution >= 0.6 is 23.2 Å². The maximum absolute atomic E-state index is 6.14. The van der Waals surface area contributed by atoms with Crippen LogP contribution < -0.4 is 5.32 Å². The van der Waals surface area contributed by atoms with E-state index < -0.39 is 0 Å². The van der Waals surface area contributed by atoms with E-state index in [2.05, 4.69) is 12.2 Å². The fraction of sp³-hybridized carbons (Fsp3) is 0.538. The Labute approximate surface area is 112 Å². The zero-order valence-corrected chi connectivity index (χ0v) is 11.4. The molecule has 94 valence electrons. The van der Waals surface area contributed by atoms with Gasteiger partial charge in [-0.2, -0.15) is 0 Å². The SMILES string of the molecule is CC1(NCc2ccc(Cl)cc2Cl)CCCOC1. The molecule has 2 nitrogen and oxygen atoms in total. The lowest BCUT2D eigenvalue weighted by Crippen LogP contribution is -2.48. The van der Waals surface area contributed by atoms with Gasteiger partial charge in [0.1, 0.15) is 0 Å². The number of hydrogen-bond donors (Lipinski definition) is 1. The summed E-state index contributed by atoms with van der Waals surface area (Å²) in [7, 11) is 0. The maximum atomic E-state index is 6.14. The van der Waals surface area contributed by atoms with Crippen LogP contribution in [0, 0.1) is 0 Å². The van der Waals surface area contributed by atoms with Crippen molar-refractivity contribution in [2.45, 2.75) is 31.8 Å².